The van der Waals surface area contributed by atoms with Crippen LogP contribution in [0.5, 0.6) is 0 Å². The third-order valence-electron chi connectivity index (χ3n) is 7.59. The number of amides is 1. The van der Waals surface area contributed by atoms with Crippen molar-refractivity contribution in [2.75, 3.05) is 0 Å². The quantitative estimate of drug-likeness (QED) is 0.387. The lowest BCUT2D eigenvalue weighted by atomic mass is 9.50. The van der Waals surface area contributed by atoms with E-state index >= 15 is 0 Å². The molecule has 33 heavy (non-hydrogen) atoms. The molecule has 168 valence electrons. The van der Waals surface area contributed by atoms with Gasteiger partial charge in [0.15, 0.2) is 0 Å². The Bertz CT molecular complexity index is 1390. The van der Waals surface area contributed by atoms with E-state index in [9.17, 15) is 13.6 Å². The molecule has 2 aliphatic rings. The Morgan fingerprint density at radius 1 is 1.00 bits per heavy atom. The number of nitrogens with one attached hydrogen (secondary N) is 1. The maximum atomic E-state index is 14.6. The van der Waals surface area contributed by atoms with Crippen LogP contribution in [-0.2, 0) is 6.54 Å². The van der Waals surface area contributed by atoms with Gasteiger partial charge in [0.05, 0.1) is 11.1 Å². The average Bonchev–Trinajstić information content (AvgIpc) is 3.16. The zero-order valence-electron chi connectivity index (χ0n) is 18.6. The third-order valence-corrected chi connectivity index (χ3v) is 7.59. The van der Waals surface area contributed by atoms with E-state index in [4.69, 9.17) is 0 Å². The van der Waals surface area contributed by atoms with Gasteiger partial charge < -0.3 is 9.88 Å². The first-order valence-electron chi connectivity index (χ1n) is 11.7. The summed E-state index contributed by atoms with van der Waals surface area (Å²) in [5, 5.41) is 5.41. The van der Waals surface area contributed by atoms with Crippen molar-refractivity contribution in [3.63, 3.8) is 0 Å². The van der Waals surface area contributed by atoms with Crippen molar-refractivity contribution in [1.82, 2.24) is 9.88 Å². The average molecular weight is 445 g/mol. The van der Waals surface area contributed by atoms with Gasteiger partial charge in [-0.15, -0.1) is 0 Å². The molecule has 0 unspecified atom stereocenters. The normalized spacial score (nSPS) is 24.1. The molecule has 0 aliphatic heterocycles. The summed E-state index contributed by atoms with van der Waals surface area (Å²) >= 11 is 0. The Hall–Kier alpha value is -3.21. The van der Waals surface area contributed by atoms with Crippen molar-refractivity contribution < 1.29 is 13.6 Å². The summed E-state index contributed by atoms with van der Waals surface area (Å²) in [7, 11) is 0. The molecule has 5 heteroatoms. The molecule has 0 atom stereocenters. The van der Waals surface area contributed by atoms with Gasteiger partial charge in [0, 0.05) is 24.2 Å². The molecule has 2 aliphatic carbocycles. The first-order chi connectivity index (χ1) is 15.9. The molecule has 0 saturated heterocycles. The van der Waals surface area contributed by atoms with E-state index in [1.807, 2.05) is 29.0 Å². The third kappa shape index (κ3) is 3.50. The van der Waals surface area contributed by atoms with Gasteiger partial charge in [-0.2, -0.15) is 0 Å². The van der Waals surface area contributed by atoms with Crippen molar-refractivity contribution >= 4 is 27.6 Å². The van der Waals surface area contributed by atoms with Crippen molar-refractivity contribution in [2.24, 2.45) is 11.3 Å². The van der Waals surface area contributed by atoms with E-state index in [2.05, 4.69) is 12.2 Å². The van der Waals surface area contributed by atoms with Crippen LogP contribution in [0.1, 0.15) is 48.5 Å². The van der Waals surface area contributed by atoms with Crippen molar-refractivity contribution in [3.05, 3.63) is 83.6 Å². The molecule has 6 rings (SSSR count). The van der Waals surface area contributed by atoms with E-state index in [1.54, 1.807) is 18.2 Å². The van der Waals surface area contributed by atoms with Crippen LogP contribution in [0.3, 0.4) is 0 Å². The first kappa shape index (κ1) is 20.4. The number of hydrogen-bond donors (Lipinski definition) is 1. The van der Waals surface area contributed by atoms with E-state index in [0.717, 1.165) is 35.1 Å². The van der Waals surface area contributed by atoms with Gasteiger partial charge >= 0.3 is 0 Å². The number of carbonyl (C=O) groups is 1. The Morgan fingerprint density at radius 2 is 1.76 bits per heavy atom. The summed E-state index contributed by atoms with van der Waals surface area (Å²) in [6.45, 7) is 2.78. The molecule has 1 N–H and O–H groups in total. The monoisotopic (exact) mass is 444 g/mol. The minimum Gasteiger partial charge on any atom is -0.349 e. The number of aromatic nitrogens is 1. The Balaban J connectivity index is 1.28. The predicted octanol–water partition coefficient (Wildman–Crippen LogP) is 6.43. The molecule has 3 nitrogen and oxygen atoms in total. The number of nitrogens with zero attached hydrogens (tertiary/aromatic N) is 1. The molecule has 1 spiro atoms. The van der Waals surface area contributed by atoms with Gasteiger partial charge in [0.2, 0.25) is 0 Å². The minimum atomic E-state index is -0.333. The van der Waals surface area contributed by atoms with E-state index in [-0.39, 0.29) is 23.6 Å². The van der Waals surface area contributed by atoms with Crippen LogP contribution < -0.4 is 5.32 Å². The summed E-state index contributed by atoms with van der Waals surface area (Å²) in [4.78, 5) is 13.2. The van der Waals surface area contributed by atoms with Crippen LogP contribution in [0.25, 0.3) is 21.7 Å². The topological polar surface area (TPSA) is 34.0 Å². The lowest BCUT2D eigenvalue weighted by molar-refractivity contribution is -0.0399. The number of halogens is 2. The minimum absolute atomic E-state index is 0.138. The summed E-state index contributed by atoms with van der Waals surface area (Å²) in [6.07, 6.45) is 6.45. The van der Waals surface area contributed by atoms with Gasteiger partial charge in [-0.3, -0.25) is 4.79 Å². The SMILES string of the molecule is CC1CC2(C1)CC(NC(=O)c1ccc(F)c3ccn(Cc4ccc5cc(F)ccc5c4)c13)C2. The second-order valence-corrected chi connectivity index (χ2v) is 10.2. The molecule has 0 radical (unpaired) electrons. The van der Waals surface area contributed by atoms with E-state index < -0.39 is 0 Å². The van der Waals surface area contributed by atoms with Crippen molar-refractivity contribution in [3.8, 4) is 0 Å². The fourth-order valence-electron chi connectivity index (χ4n) is 6.27. The van der Waals surface area contributed by atoms with Gasteiger partial charge in [0.1, 0.15) is 11.6 Å². The Labute approximate surface area is 191 Å². The standard InChI is InChI=1S/C28H26F2N2O/c1-17-12-28(13-17)14-22(15-28)31-27(33)24-6-7-25(30)23-8-9-32(26(23)24)16-18-2-3-20-11-21(29)5-4-19(20)10-18/h2-11,17,22H,12-16H2,1H3,(H,31,33). The summed E-state index contributed by atoms with van der Waals surface area (Å²) in [5.41, 5.74) is 2.57. The van der Waals surface area contributed by atoms with Gasteiger partial charge in [-0.05, 0) is 89.8 Å². The zero-order chi connectivity index (χ0) is 22.7. The molecule has 0 bridgehead atoms. The molecule has 2 saturated carbocycles. The molecule has 2 fully saturated rings. The molecule has 1 aromatic heterocycles. The van der Waals surface area contributed by atoms with Crippen molar-refractivity contribution in [1.29, 1.82) is 0 Å². The predicted molar refractivity (Wildman–Crippen MR) is 126 cm³/mol. The number of carbonyl (C=O) groups excluding carboxylic acids is 1. The fourth-order valence-corrected chi connectivity index (χ4v) is 6.27. The smallest absolute Gasteiger partial charge is 0.253 e. The highest BCUT2D eigenvalue weighted by Crippen LogP contribution is 2.58. The van der Waals surface area contributed by atoms with Crippen molar-refractivity contribution in [2.45, 2.75) is 45.2 Å². The largest absolute Gasteiger partial charge is 0.349 e. The molecule has 4 aromatic rings. The lowest BCUT2D eigenvalue weighted by Crippen LogP contribution is -2.55. The number of hydrogen-bond acceptors (Lipinski definition) is 1. The Kier molecular flexibility index (Phi) is 4.58. The van der Waals surface area contributed by atoms with E-state index in [1.165, 1.54) is 31.0 Å². The maximum absolute atomic E-state index is 14.6. The number of benzene rings is 3. The highest BCUT2D eigenvalue weighted by molar-refractivity contribution is 6.06. The van der Waals surface area contributed by atoms with Crippen LogP contribution in [-0.4, -0.2) is 16.5 Å². The summed E-state index contributed by atoms with van der Waals surface area (Å²) < 4.78 is 30.0. The summed E-state index contributed by atoms with van der Waals surface area (Å²) in [5.74, 6) is 0.0688. The second-order valence-electron chi connectivity index (χ2n) is 10.2. The Morgan fingerprint density at radius 3 is 2.55 bits per heavy atom. The van der Waals surface area contributed by atoms with Crippen LogP contribution in [0, 0.1) is 23.0 Å². The molecule has 1 heterocycles. The molecular formula is C28H26F2N2O. The molecule has 3 aromatic carbocycles. The highest BCUT2D eigenvalue weighted by Gasteiger charge is 2.51. The van der Waals surface area contributed by atoms with Gasteiger partial charge in [-0.1, -0.05) is 25.1 Å². The number of fused-ring (bicyclic) bond motifs is 2. The van der Waals surface area contributed by atoms with Gasteiger partial charge in [0.25, 0.3) is 5.91 Å². The van der Waals surface area contributed by atoms with Crippen LogP contribution in [0.15, 0.2) is 60.8 Å². The first-order valence-corrected chi connectivity index (χ1v) is 11.7. The maximum Gasteiger partial charge on any atom is 0.253 e. The molecule has 1 amide bonds. The zero-order valence-corrected chi connectivity index (χ0v) is 18.6. The fraction of sp³-hybridized carbons (Fsp3) is 0.321. The summed E-state index contributed by atoms with van der Waals surface area (Å²) in [6, 6.07) is 15.5. The molecular weight excluding hydrogens is 418 g/mol. The second kappa shape index (κ2) is 7.41. The van der Waals surface area contributed by atoms with Gasteiger partial charge in [-0.25, -0.2) is 8.78 Å². The van der Waals surface area contributed by atoms with Crippen LogP contribution in [0.4, 0.5) is 8.78 Å². The number of rotatable bonds is 4. The van der Waals surface area contributed by atoms with Crippen LogP contribution >= 0.6 is 0 Å². The van der Waals surface area contributed by atoms with Crippen LogP contribution in [0.2, 0.25) is 0 Å². The van der Waals surface area contributed by atoms with E-state index in [0.29, 0.717) is 28.4 Å². The lowest BCUT2D eigenvalue weighted by Gasteiger charge is -2.57. The highest BCUT2D eigenvalue weighted by atomic mass is 19.1.